The summed E-state index contributed by atoms with van der Waals surface area (Å²) >= 11 is 1.49. The van der Waals surface area contributed by atoms with Gasteiger partial charge in [-0.25, -0.2) is 9.37 Å². The number of nitrogens with one attached hydrogen (secondary N) is 1. The molecule has 1 aromatic carbocycles. The van der Waals surface area contributed by atoms with E-state index < -0.39 is 5.82 Å². The highest BCUT2D eigenvalue weighted by molar-refractivity contribution is 7.99. The van der Waals surface area contributed by atoms with Gasteiger partial charge in [-0.1, -0.05) is 23.9 Å². The molecule has 0 aliphatic rings. The number of hydrogen-bond donors (Lipinski definition) is 1. The van der Waals surface area contributed by atoms with E-state index in [0.29, 0.717) is 12.2 Å². The number of thioether (sulfide) groups is 1. The molecule has 0 saturated carbocycles. The summed E-state index contributed by atoms with van der Waals surface area (Å²) in [6, 6.07) is 6.13. The van der Waals surface area contributed by atoms with Gasteiger partial charge >= 0.3 is 0 Å². The second kappa shape index (κ2) is 6.38. The molecule has 19 heavy (non-hydrogen) atoms. The van der Waals surface area contributed by atoms with Gasteiger partial charge < -0.3 is 9.88 Å². The molecule has 0 aliphatic heterocycles. The van der Waals surface area contributed by atoms with Crippen molar-refractivity contribution in [3.63, 3.8) is 0 Å². The van der Waals surface area contributed by atoms with Crippen LogP contribution in [0.25, 0.3) is 0 Å². The fourth-order valence-electron chi connectivity index (χ4n) is 1.50. The number of anilines is 1. The molecule has 1 heterocycles. The maximum Gasteiger partial charge on any atom is 0.225 e. The highest BCUT2D eigenvalue weighted by atomic mass is 32.2. The fraction of sp³-hybridized carbons (Fsp3) is 0.231. The van der Waals surface area contributed by atoms with Crippen molar-refractivity contribution in [3.05, 3.63) is 42.5 Å². The number of carbonyl (C=O) groups is 1. The Kier molecular flexibility index (Phi) is 4.57. The molecule has 0 saturated heterocycles. The normalized spacial score (nSPS) is 10.4. The minimum absolute atomic E-state index is 0.202. The summed E-state index contributed by atoms with van der Waals surface area (Å²) in [5.74, 6) is -0.0232. The Labute approximate surface area is 115 Å². The largest absolute Gasteiger partial charge is 0.329 e. The quantitative estimate of drug-likeness (QED) is 0.856. The first-order valence-electron chi connectivity index (χ1n) is 5.81. The molecule has 0 unspecified atom stereocenters. The first-order valence-corrected chi connectivity index (χ1v) is 6.80. The molecule has 4 nitrogen and oxygen atoms in total. The van der Waals surface area contributed by atoms with Crippen LogP contribution in [0.1, 0.15) is 6.42 Å². The number of halogens is 1. The summed E-state index contributed by atoms with van der Waals surface area (Å²) in [5.41, 5.74) is 0.217. The van der Waals surface area contributed by atoms with Gasteiger partial charge in [0.1, 0.15) is 5.82 Å². The smallest absolute Gasteiger partial charge is 0.225 e. The van der Waals surface area contributed by atoms with Crippen molar-refractivity contribution in [2.75, 3.05) is 11.1 Å². The van der Waals surface area contributed by atoms with E-state index in [1.54, 1.807) is 24.4 Å². The molecule has 2 aromatic rings. The lowest BCUT2D eigenvalue weighted by molar-refractivity contribution is -0.115. The van der Waals surface area contributed by atoms with Crippen molar-refractivity contribution in [1.29, 1.82) is 0 Å². The molecule has 1 N–H and O–H groups in total. The molecule has 1 amide bonds. The number of nitrogens with zero attached hydrogens (tertiary/aromatic N) is 2. The highest BCUT2D eigenvalue weighted by Gasteiger charge is 2.07. The number of hydrogen-bond acceptors (Lipinski definition) is 3. The molecule has 0 aliphatic carbocycles. The van der Waals surface area contributed by atoms with E-state index in [0.717, 1.165) is 5.16 Å². The topological polar surface area (TPSA) is 46.9 Å². The van der Waals surface area contributed by atoms with Crippen LogP contribution in [-0.2, 0) is 11.8 Å². The number of aryl methyl sites for hydroxylation is 1. The second-order valence-electron chi connectivity index (χ2n) is 3.95. The van der Waals surface area contributed by atoms with Crippen LogP contribution in [0.4, 0.5) is 10.1 Å². The third-order valence-electron chi connectivity index (χ3n) is 2.49. The Morgan fingerprint density at radius 3 is 2.95 bits per heavy atom. The molecule has 0 bridgehead atoms. The average Bonchev–Trinajstić information content (AvgIpc) is 2.78. The van der Waals surface area contributed by atoms with E-state index in [1.807, 2.05) is 17.8 Å². The van der Waals surface area contributed by atoms with Crippen LogP contribution < -0.4 is 5.32 Å². The Bertz CT molecular complexity index is 571. The predicted molar refractivity (Wildman–Crippen MR) is 73.6 cm³/mol. The van der Waals surface area contributed by atoms with E-state index >= 15 is 0 Å². The molecule has 0 atom stereocenters. The predicted octanol–water partition coefficient (Wildman–Crippen LogP) is 2.68. The number of benzene rings is 1. The molecule has 2 rings (SSSR count). The van der Waals surface area contributed by atoms with Crippen molar-refractivity contribution in [2.45, 2.75) is 11.6 Å². The third-order valence-corrected chi connectivity index (χ3v) is 3.55. The second-order valence-corrected chi connectivity index (χ2v) is 5.01. The van der Waals surface area contributed by atoms with Gasteiger partial charge in [-0.05, 0) is 12.1 Å². The Morgan fingerprint density at radius 2 is 2.26 bits per heavy atom. The minimum atomic E-state index is -0.424. The molecule has 0 radical (unpaired) electrons. The summed E-state index contributed by atoms with van der Waals surface area (Å²) < 4.78 is 15.2. The van der Waals surface area contributed by atoms with Gasteiger partial charge in [-0.3, -0.25) is 4.79 Å². The van der Waals surface area contributed by atoms with Crippen LogP contribution in [0, 0.1) is 5.82 Å². The van der Waals surface area contributed by atoms with E-state index in [2.05, 4.69) is 10.3 Å². The van der Waals surface area contributed by atoms with Crippen molar-refractivity contribution in [2.24, 2.45) is 7.05 Å². The molecule has 0 fully saturated rings. The zero-order valence-electron chi connectivity index (χ0n) is 10.5. The number of imidazole rings is 1. The number of para-hydroxylation sites is 1. The molecular weight excluding hydrogens is 265 g/mol. The van der Waals surface area contributed by atoms with Crippen LogP contribution in [0.15, 0.2) is 41.8 Å². The minimum Gasteiger partial charge on any atom is -0.329 e. The Hall–Kier alpha value is -1.82. The maximum absolute atomic E-state index is 13.3. The first kappa shape index (κ1) is 13.6. The van der Waals surface area contributed by atoms with Crippen molar-refractivity contribution < 1.29 is 9.18 Å². The van der Waals surface area contributed by atoms with Gasteiger partial charge in [-0.15, -0.1) is 0 Å². The molecule has 0 spiro atoms. The monoisotopic (exact) mass is 279 g/mol. The summed E-state index contributed by atoms with van der Waals surface area (Å²) in [6.07, 6.45) is 3.87. The van der Waals surface area contributed by atoms with E-state index in [-0.39, 0.29) is 11.6 Å². The Balaban J connectivity index is 1.79. The van der Waals surface area contributed by atoms with Gasteiger partial charge in [0.25, 0.3) is 0 Å². The van der Waals surface area contributed by atoms with E-state index in [4.69, 9.17) is 0 Å². The maximum atomic E-state index is 13.3. The standard InChI is InChI=1S/C13H14FN3OS/c1-17-8-7-15-13(17)19-9-6-12(18)16-11-5-3-2-4-10(11)14/h2-5,7-8H,6,9H2,1H3,(H,16,18). The summed E-state index contributed by atoms with van der Waals surface area (Å²) in [5, 5.41) is 3.41. The van der Waals surface area contributed by atoms with Gasteiger partial charge in [-0.2, -0.15) is 0 Å². The zero-order valence-corrected chi connectivity index (χ0v) is 11.3. The third kappa shape index (κ3) is 3.82. The number of carbonyl (C=O) groups excluding carboxylic acids is 1. The van der Waals surface area contributed by atoms with Crippen LogP contribution >= 0.6 is 11.8 Å². The van der Waals surface area contributed by atoms with Crippen LogP contribution in [0.2, 0.25) is 0 Å². The molecule has 6 heteroatoms. The summed E-state index contributed by atoms with van der Waals surface area (Å²) in [7, 11) is 1.90. The van der Waals surface area contributed by atoms with Crippen molar-refractivity contribution >= 4 is 23.4 Å². The average molecular weight is 279 g/mol. The lowest BCUT2D eigenvalue weighted by Crippen LogP contribution is -2.13. The van der Waals surface area contributed by atoms with Crippen molar-refractivity contribution in [1.82, 2.24) is 9.55 Å². The van der Waals surface area contributed by atoms with Crippen LogP contribution in [0.3, 0.4) is 0 Å². The van der Waals surface area contributed by atoms with E-state index in [9.17, 15) is 9.18 Å². The lowest BCUT2D eigenvalue weighted by Gasteiger charge is -2.06. The number of amides is 1. The van der Waals surface area contributed by atoms with Gasteiger partial charge in [0.05, 0.1) is 5.69 Å². The molecule has 1 aromatic heterocycles. The number of rotatable bonds is 5. The van der Waals surface area contributed by atoms with Gasteiger partial charge in [0.15, 0.2) is 5.16 Å². The van der Waals surface area contributed by atoms with E-state index in [1.165, 1.54) is 17.8 Å². The summed E-state index contributed by atoms with van der Waals surface area (Å²) in [4.78, 5) is 15.8. The molecule has 100 valence electrons. The van der Waals surface area contributed by atoms with Crippen LogP contribution in [0.5, 0.6) is 0 Å². The lowest BCUT2D eigenvalue weighted by atomic mass is 10.3. The molecular formula is C13H14FN3OS. The van der Waals surface area contributed by atoms with Gasteiger partial charge in [0.2, 0.25) is 5.91 Å². The first-order chi connectivity index (χ1) is 9.16. The van der Waals surface area contributed by atoms with Crippen LogP contribution in [-0.4, -0.2) is 21.2 Å². The van der Waals surface area contributed by atoms with Crippen molar-refractivity contribution in [3.8, 4) is 0 Å². The number of aromatic nitrogens is 2. The van der Waals surface area contributed by atoms with Gasteiger partial charge in [0, 0.05) is 31.6 Å². The SMILES string of the molecule is Cn1ccnc1SCCC(=O)Nc1ccccc1F. The zero-order chi connectivity index (χ0) is 13.7. The summed E-state index contributed by atoms with van der Waals surface area (Å²) in [6.45, 7) is 0. The fourth-order valence-corrected chi connectivity index (χ4v) is 2.37. The highest BCUT2D eigenvalue weighted by Crippen LogP contribution is 2.17. The Morgan fingerprint density at radius 1 is 1.47 bits per heavy atom.